The summed E-state index contributed by atoms with van der Waals surface area (Å²) in [6.07, 6.45) is 0.811. The lowest BCUT2D eigenvalue weighted by Crippen LogP contribution is -2.52. The molecule has 0 aromatic heterocycles. The predicted octanol–water partition coefficient (Wildman–Crippen LogP) is 3.02. The Labute approximate surface area is 159 Å². The SMILES string of the molecule is CC(C)C(CNC(=O)NC1CCSc2ccc(F)cc21)N1CCOCC1. The highest BCUT2D eigenvalue weighted by molar-refractivity contribution is 7.99. The van der Waals surface area contributed by atoms with E-state index in [4.69, 9.17) is 4.74 Å². The maximum absolute atomic E-state index is 13.6. The lowest BCUT2D eigenvalue weighted by molar-refractivity contribution is 0.00718. The number of hydrogen-bond donors (Lipinski definition) is 2. The minimum atomic E-state index is -0.259. The molecule has 1 aromatic rings. The maximum Gasteiger partial charge on any atom is 0.315 e. The van der Waals surface area contributed by atoms with Gasteiger partial charge in [-0.05, 0) is 36.1 Å². The molecule has 0 saturated carbocycles. The normalized spacial score (nSPS) is 21.9. The van der Waals surface area contributed by atoms with Gasteiger partial charge in [-0.2, -0.15) is 0 Å². The summed E-state index contributed by atoms with van der Waals surface area (Å²) in [4.78, 5) is 15.9. The summed E-state index contributed by atoms with van der Waals surface area (Å²) >= 11 is 1.71. The third-order valence-corrected chi connectivity index (χ3v) is 6.20. The number of carbonyl (C=O) groups is 1. The van der Waals surface area contributed by atoms with Gasteiger partial charge in [-0.3, -0.25) is 4.90 Å². The van der Waals surface area contributed by atoms with Crippen LogP contribution in [0.4, 0.5) is 9.18 Å². The molecule has 7 heteroatoms. The van der Waals surface area contributed by atoms with Crippen LogP contribution in [-0.4, -0.2) is 55.6 Å². The summed E-state index contributed by atoms with van der Waals surface area (Å²) < 4.78 is 19.0. The molecule has 2 heterocycles. The van der Waals surface area contributed by atoms with Gasteiger partial charge in [0.05, 0.1) is 19.3 Å². The average Bonchev–Trinajstić information content (AvgIpc) is 2.63. The number of thioether (sulfide) groups is 1. The Kier molecular flexibility index (Phi) is 6.78. The minimum Gasteiger partial charge on any atom is -0.379 e. The van der Waals surface area contributed by atoms with Gasteiger partial charge in [0.2, 0.25) is 0 Å². The van der Waals surface area contributed by atoms with E-state index >= 15 is 0 Å². The first-order valence-electron chi connectivity index (χ1n) is 9.33. The van der Waals surface area contributed by atoms with Crippen LogP contribution in [0.5, 0.6) is 0 Å². The molecule has 2 aliphatic heterocycles. The van der Waals surface area contributed by atoms with Crippen LogP contribution in [0.1, 0.15) is 31.9 Å². The van der Waals surface area contributed by atoms with E-state index in [1.807, 2.05) is 0 Å². The van der Waals surface area contributed by atoms with Crippen LogP contribution in [0.3, 0.4) is 0 Å². The molecule has 0 radical (unpaired) electrons. The van der Waals surface area contributed by atoms with Crippen molar-refractivity contribution in [2.75, 3.05) is 38.6 Å². The van der Waals surface area contributed by atoms with Gasteiger partial charge in [0.15, 0.2) is 0 Å². The molecule has 2 unspecified atom stereocenters. The highest BCUT2D eigenvalue weighted by Crippen LogP contribution is 2.36. The highest BCUT2D eigenvalue weighted by Gasteiger charge is 2.26. The molecule has 144 valence electrons. The summed E-state index contributed by atoms with van der Waals surface area (Å²) in [6, 6.07) is 4.78. The van der Waals surface area contributed by atoms with Gasteiger partial charge in [-0.15, -0.1) is 11.8 Å². The monoisotopic (exact) mass is 381 g/mol. The Morgan fingerprint density at radius 3 is 2.88 bits per heavy atom. The number of urea groups is 1. The van der Waals surface area contributed by atoms with Crippen LogP contribution < -0.4 is 10.6 Å². The van der Waals surface area contributed by atoms with Crippen molar-refractivity contribution >= 4 is 17.8 Å². The van der Waals surface area contributed by atoms with E-state index in [0.717, 1.165) is 48.9 Å². The second kappa shape index (κ2) is 9.06. The second-order valence-corrected chi connectivity index (χ2v) is 8.32. The Hall–Kier alpha value is -1.31. The van der Waals surface area contributed by atoms with Crippen molar-refractivity contribution in [2.45, 2.75) is 37.2 Å². The number of halogens is 1. The first-order valence-corrected chi connectivity index (χ1v) is 10.3. The van der Waals surface area contributed by atoms with Gasteiger partial charge in [0.25, 0.3) is 0 Å². The van der Waals surface area contributed by atoms with Gasteiger partial charge >= 0.3 is 6.03 Å². The summed E-state index contributed by atoms with van der Waals surface area (Å²) in [6.45, 7) is 8.25. The lowest BCUT2D eigenvalue weighted by Gasteiger charge is -2.37. The van der Waals surface area contributed by atoms with Crippen molar-refractivity contribution in [3.63, 3.8) is 0 Å². The smallest absolute Gasteiger partial charge is 0.315 e. The number of carbonyl (C=O) groups excluding carboxylic acids is 1. The molecule has 0 aliphatic carbocycles. The summed E-state index contributed by atoms with van der Waals surface area (Å²) in [5.41, 5.74) is 0.880. The van der Waals surface area contributed by atoms with Crippen molar-refractivity contribution in [3.05, 3.63) is 29.6 Å². The highest BCUT2D eigenvalue weighted by atomic mass is 32.2. The molecule has 2 N–H and O–H groups in total. The fourth-order valence-corrected chi connectivity index (χ4v) is 4.72. The maximum atomic E-state index is 13.6. The summed E-state index contributed by atoms with van der Waals surface area (Å²) in [5.74, 6) is 1.10. The van der Waals surface area contributed by atoms with E-state index in [1.54, 1.807) is 17.8 Å². The van der Waals surface area contributed by atoms with Gasteiger partial charge < -0.3 is 15.4 Å². The van der Waals surface area contributed by atoms with Crippen LogP contribution in [0.25, 0.3) is 0 Å². The zero-order chi connectivity index (χ0) is 18.5. The standard InChI is InChI=1S/C19H28FN3O2S/c1-13(2)17(23-6-8-25-9-7-23)12-21-19(24)22-16-5-10-26-18-4-3-14(20)11-15(16)18/h3-4,11,13,16-17H,5-10,12H2,1-2H3,(H2,21,22,24). The number of nitrogens with one attached hydrogen (secondary N) is 2. The molecular formula is C19H28FN3O2S. The summed E-state index contributed by atoms with van der Waals surface area (Å²) in [7, 11) is 0. The van der Waals surface area contributed by atoms with Crippen LogP contribution in [0.15, 0.2) is 23.1 Å². The lowest BCUT2D eigenvalue weighted by atomic mass is 10.0. The minimum absolute atomic E-state index is 0.136. The molecule has 5 nitrogen and oxygen atoms in total. The van der Waals surface area contributed by atoms with Crippen LogP contribution in [0.2, 0.25) is 0 Å². The van der Waals surface area contributed by atoms with Gasteiger partial charge in [0.1, 0.15) is 5.82 Å². The Balaban J connectivity index is 1.56. The molecule has 26 heavy (non-hydrogen) atoms. The zero-order valence-electron chi connectivity index (χ0n) is 15.5. The fourth-order valence-electron chi connectivity index (χ4n) is 3.62. The van der Waals surface area contributed by atoms with Crippen molar-refractivity contribution in [1.82, 2.24) is 15.5 Å². The fraction of sp³-hybridized carbons (Fsp3) is 0.632. The van der Waals surface area contributed by atoms with E-state index in [9.17, 15) is 9.18 Å². The molecule has 1 fully saturated rings. The average molecular weight is 382 g/mol. The first-order chi connectivity index (χ1) is 12.5. The van der Waals surface area contributed by atoms with Crippen molar-refractivity contribution in [1.29, 1.82) is 0 Å². The quantitative estimate of drug-likeness (QED) is 0.823. The second-order valence-electron chi connectivity index (χ2n) is 7.19. The number of rotatable bonds is 5. The van der Waals surface area contributed by atoms with Crippen LogP contribution in [0, 0.1) is 11.7 Å². The van der Waals surface area contributed by atoms with Crippen molar-refractivity contribution in [3.8, 4) is 0 Å². The van der Waals surface area contributed by atoms with Gasteiger partial charge in [-0.1, -0.05) is 13.8 Å². The van der Waals surface area contributed by atoms with E-state index in [-0.39, 0.29) is 23.9 Å². The molecule has 3 rings (SSSR count). The first kappa shape index (κ1) is 19.5. The number of morpholine rings is 1. The number of benzene rings is 1. The molecular weight excluding hydrogens is 353 g/mol. The van der Waals surface area contributed by atoms with Crippen molar-refractivity contribution in [2.24, 2.45) is 5.92 Å². The van der Waals surface area contributed by atoms with Gasteiger partial charge in [-0.25, -0.2) is 9.18 Å². The number of nitrogens with zero attached hydrogens (tertiary/aromatic N) is 1. The third kappa shape index (κ3) is 4.90. The predicted molar refractivity (Wildman–Crippen MR) is 102 cm³/mol. The molecule has 2 amide bonds. The largest absolute Gasteiger partial charge is 0.379 e. The number of hydrogen-bond acceptors (Lipinski definition) is 4. The van der Waals surface area contributed by atoms with E-state index in [1.165, 1.54) is 12.1 Å². The van der Waals surface area contributed by atoms with Crippen LogP contribution in [-0.2, 0) is 4.74 Å². The number of fused-ring (bicyclic) bond motifs is 1. The van der Waals surface area contributed by atoms with E-state index in [2.05, 4.69) is 29.4 Å². The Morgan fingerprint density at radius 1 is 1.38 bits per heavy atom. The molecule has 2 aliphatic rings. The van der Waals surface area contributed by atoms with E-state index in [0.29, 0.717) is 12.5 Å². The van der Waals surface area contributed by atoms with Gasteiger partial charge in [0, 0.05) is 36.3 Å². The molecule has 2 atom stereocenters. The molecule has 0 bridgehead atoms. The Bertz CT molecular complexity index is 623. The Morgan fingerprint density at radius 2 is 2.15 bits per heavy atom. The zero-order valence-corrected chi connectivity index (χ0v) is 16.3. The topological polar surface area (TPSA) is 53.6 Å². The third-order valence-electron chi connectivity index (χ3n) is 5.07. The molecule has 1 saturated heterocycles. The number of amides is 2. The van der Waals surface area contributed by atoms with Crippen molar-refractivity contribution < 1.29 is 13.9 Å². The molecule has 1 aromatic carbocycles. The molecule has 0 spiro atoms. The number of ether oxygens (including phenoxy) is 1. The van der Waals surface area contributed by atoms with Crippen LogP contribution >= 0.6 is 11.8 Å². The summed E-state index contributed by atoms with van der Waals surface area (Å²) in [5, 5.41) is 6.05. The van der Waals surface area contributed by atoms with E-state index < -0.39 is 0 Å².